The Morgan fingerprint density at radius 1 is 1.09 bits per heavy atom. The molecular formula is C23H28N6O4. The molecule has 1 aliphatic carbocycles. The van der Waals surface area contributed by atoms with Gasteiger partial charge in [0.15, 0.2) is 0 Å². The van der Waals surface area contributed by atoms with Crippen molar-refractivity contribution in [3.05, 3.63) is 46.3 Å². The number of hydrogen-bond acceptors (Lipinski definition) is 6. The fourth-order valence-electron chi connectivity index (χ4n) is 4.55. The lowest BCUT2D eigenvalue weighted by Crippen LogP contribution is -2.38. The molecule has 1 N–H and O–H groups in total. The van der Waals surface area contributed by atoms with Gasteiger partial charge in [-0.3, -0.25) is 14.5 Å². The zero-order chi connectivity index (χ0) is 23.1. The van der Waals surface area contributed by atoms with Crippen LogP contribution in [0, 0.1) is 0 Å². The first kappa shape index (κ1) is 21.3. The van der Waals surface area contributed by atoms with Gasteiger partial charge in [-0.2, -0.15) is 10.2 Å². The predicted molar refractivity (Wildman–Crippen MR) is 121 cm³/mol. The van der Waals surface area contributed by atoms with Crippen molar-refractivity contribution in [1.82, 2.24) is 29.4 Å². The largest absolute Gasteiger partial charge is 0.497 e. The Balaban J connectivity index is 1.30. The Kier molecular flexibility index (Phi) is 5.43. The maximum atomic E-state index is 13.1. The fraction of sp³-hybridized carbons (Fsp3) is 0.478. The molecule has 33 heavy (non-hydrogen) atoms. The van der Waals surface area contributed by atoms with Crippen LogP contribution >= 0.6 is 0 Å². The molecule has 0 bridgehead atoms. The second-order valence-corrected chi connectivity index (χ2v) is 8.67. The molecule has 3 heterocycles. The van der Waals surface area contributed by atoms with E-state index in [1.54, 1.807) is 27.3 Å². The van der Waals surface area contributed by atoms with Crippen LogP contribution in [0.1, 0.15) is 54.0 Å². The minimum atomic E-state index is -0.0883. The van der Waals surface area contributed by atoms with Gasteiger partial charge in [-0.25, -0.2) is 9.48 Å². The van der Waals surface area contributed by atoms with Gasteiger partial charge in [0.2, 0.25) is 0 Å². The summed E-state index contributed by atoms with van der Waals surface area (Å²) < 4.78 is 14.1. The van der Waals surface area contributed by atoms with E-state index >= 15 is 0 Å². The van der Waals surface area contributed by atoms with Crippen LogP contribution in [0.2, 0.25) is 0 Å². The molecule has 1 aromatic carbocycles. The quantitative estimate of drug-likeness (QED) is 0.615. The van der Waals surface area contributed by atoms with Crippen LogP contribution in [0.5, 0.6) is 11.5 Å². The van der Waals surface area contributed by atoms with E-state index in [2.05, 4.69) is 15.3 Å². The number of aromatic nitrogens is 5. The molecule has 5 rings (SSSR count). The Morgan fingerprint density at radius 3 is 2.52 bits per heavy atom. The van der Waals surface area contributed by atoms with Crippen molar-refractivity contribution in [2.24, 2.45) is 7.05 Å². The number of carbonyl (C=O) groups is 1. The molecule has 0 unspecified atom stereocenters. The van der Waals surface area contributed by atoms with Gasteiger partial charge < -0.3 is 14.4 Å². The van der Waals surface area contributed by atoms with Gasteiger partial charge in [0.1, 0.15) is 23.0 Å². The van der Waals surface area contributed by atoms with E-state index in [1.807, 2.05) is 27.7 Å². The van der Waals surface area contributed by atoms with Crippen LogP contribution in [-0.4, -0.2) is 62.7 Å². The number of aryl methyl sites for hydroxylation is 1. The Bertz CT molecular complexity index is 1230. The molecule has 3 aromatic rings. The van der Waals surface area contributed by atoms with E-state index in [1.165, 1.54) is 4.68 Å². The number of hydrogen-bond donors (Lipinski definition) is 1. The number of piperidine rings is 1. The first-order valence-electron chi connectivity index (χ1n) is 11.2. The van der Waals surface area contributed by atoms with Crippen molar-refractivity contribution >= 4 is 5.91 Å². The lowest BCUT2D eigenvalue weighted by Gasteiger charge is -2.31. The standard InChI is InChI=1S/C23H28N6O4/c1-27-23(31)29(15-4-5-15)21(26-27)14-8-10-28(11-9-14)22(30)19-13-18(24-25-19)17-12-16(32-2)6-7-20(17)33-3/h6-7,12-15H,4-5,8-11H2,1-3H3,(H,24,25). The molecule has 1 saturated carbocycles. The van der Waals surface area contributed by atoms with Crippen molar-refractivity contribution in [3.63, 3.8) is 0 Å². The summed E-state index contributed by atoms with van der Waals surface area (Å²) in [6.07, 6.45) is 3.63. The zero-order valence-electron chi connectivity index (χ0n) is 19.1. The average Bonchev–Trinajstić information content (AvgIpc) is 3.48. The minimum absolute atomic E-state index is 0.0380. The molecule has 2 fully saturated rings. The number of nitrogens with zero attached hydrogens (tertiary/aromatic N) is 5. The number of ether oxygens (including phenoxy) is 2. The van der Waals surface area contributed by atoms with Gasteiger partial charge in [0.05, 0.1) is 19.9 Å². The number of methoxy groups -OCH3 is 2. The van der Waals surface area contributed by atoms with E-state index in [0.29, 0.717) is 36.0 Å². The third-order valence-electron chi connectivity index (χ3n) is 6.53. The topological polar surface area (TPSA) is 107 Å². The lowest BCUT2D eigenvalue weighted by atomic mass is 9.95. The van der Waals surface area contributed by atoms with Gasteiger partial charge in [0.25, 0.3) is 5.91 Å². The molecule has 10 heteroatoms. The van der Waals surface area contributed by atoms with Crippen molar-refractivity contribution in [2.75, 3.05) is 27.3 Å². The molecule has 1 amide bonds. The smallest absolute Gasteiger partial charge is 0.345 e. The molecule has 0 radical (unpaired) electrons. The van der Waals surface area contributed by atoms with Crippen molar-refractivity contribution in [3.8, 4) is 22.8 Å². The fourth-order valence-corrected chi connectivity index (χ4v) is 4.55. The molecule has 10 nitrogen and oxygen atoms in total. The molecule has 174 valence electrons. The molecule has 2 aliphatic rings. The molecule has 1 aliphatic heterocycles. The summed E-state index contributed by atoms with van der Waals surface area (Å²) in [5, 5.41) is 11.7. The van der Waals surface area contributed by atoms with Crippen molar-refractivity contribution in [1.29, 1.82) is 0 Å². The average molecular weight is 453 g/mol. The lowest BCUT2D eigenvalue weighted by molar-refractivity contribution is 0.0704. The first-order chi connectivity index (χ1) is 16.0. The van der Waals surface area contributed by atoms with E-state index in [-0.39, 0.29) is 23.6 Å². The number of amides is 1. The number of rotatable bonds is 6. The van der Waals surface area contributed by atoms with E-state index in [4.69, 9.17) is 9.47 Å². The number of benzene rings is 1. The molecular weight excluding hydrogens is 424 g/mol. The number of likely N-dealkylation sites (tertiary alicyclic amines) is 1. The molecule has 1 saturated heterocycles. The number of H-pyrrole nitrogens is 1. The third-order valence-corrected chi connectivity index (χ3v) is 6.53. The molecule has 2 aromatic heterocycles. The molecule has 0 spiro atoms. The molecule has 0 atom stereocenters. The summed E-state index contributed by atoms with van der Waals surface area (Å²) in [6.45, 7) is 1.21. The normalized spacial score (nSPS) is 16.8. The third kappa shape index (κ3) is 3.90. The van der Waals surface area contributed by atoms with E-state index in [9.17, 15) is 9.59 Å². The highest BCUT2D eigenvalue weighted by Crippen LogP contribution is 2.38. The second kappa shape index (κ2) is 8.42. The minimum Gasteiger partial charge on any atom is -0.497 e. The zero-order valence-corrected chi connectivity index (χ0v) is 19.1. The van der Waals surface area contributed by atoms with Gasteiger partial charge >= 0.3 is 5.69 Å². The SMILES string of the molecule is COc1ccc(OC)c(-c2cc(C(=O)N3CCC(c4nn(C)c(=O)n4C4CC4)CC3)[nH]n2)c1. The summed E-state index contributed by atoms with van der Waals surface area (Å²) >= 11 is 0. The summed E-state index contributed by atoms with van der Waals surface area (Å²) in [5.41, 5.74) is 1.76. The highest BCUT2D eigenvalue weighted by atomic mass is 16.5. The monoisotopic (exact) mass is 452 g/mol. The van der Waals surface area contributed by atoms with Crippen LogP contribution in [-0.2, 0) is 7.05 Å². The highest BCUT2D eigenvalue weighted by Gasteiger charge is 2.34. The summed E-state index contributed by atoms with van der Waals surface area (Å²) in [5.74, 6) is 2.30. The van der Waals surface area contributed by atoms with Gasteiger partial charge in [-0.15, -0.1) is 0 Å². The van der Waals surface area contributed by atoms with Crippen LogP contribution in [0.3, 0.4) is 0 Å². The summed E-state index contributed by atoms with van der Waals surface area (Å²) in [7, 11) is 4.90. The van der Waals surface area contributed by atoms with E-state index in [0.717, 1.165) is 37.1 Å². The van der Waals surface area contributed by atoms with Gasteiger partial charge in [-0.1, -0.05) is 0 Å². The van der Waals surface area contributed by atoms with Crippen molar-refractivity contribution < 1.29 is 14.3 Å². The highest BCUT2D eigenvalue weighted by molar-refractivity contribution is 5.93. The maximum Gasteiger partial charge on any atom is 0.345 e. The Labute approximate surface area is 191 Å². The summed E-state index contributed by atoms with van der Waals surface area (Å²) in [6, 6.07) is 7.50. The van der Waals surface area contributed by atoms with Crippen LogP contribution in [0.4, 0.5) is 0 Å². The second-order valence-electron chi connectivity index (χ2n) is 8.67. The predicted octanol–water partition coefficient (Wildman–Crippen LogP) is 2.34. The first-order valence-corrected chi connectivity index (χ1v) is 11.2. The van der Waals surface area contributed by atoms with Crippen LogP contribution in [0.25, 0.3) is 11.3 Å². The number of carbonyl (C=O) groups excluding carboxylic acids is 1. The van der Waals surface area contributed by atoms with Crippen molar-refractivity contribution in [2.45, 2.75) is 37.6 Å². The number of nitrogens with one attached hydrogen (secondary N) is 1. The van der Waals surface area contributed by atoms with Gasteiger partial charge in [-0.05, 0) is 49.9 Å². The van der Waals surface area contributed by atoms with Gasteiger partial charge in [0, 0.05) is 37.7 Å². The van der Waals surface area contributed by atoms with Crippen LogP contribution < -0.4 is 15.2 Å². The Morgan fingerprint density at radius 2 is 1.85 bits per heavy atom. The summed E-state index contributed by atoms with van der Waals surface area (Å²) in [4.78, 5) is 27.4. The number of aromatic amines is 1. The van der Waals surface area contributed by atoms with Crippen LogP contribution in [0.15, 0.2) is 29.1 Å². The Hall–Kier alpha value is -3.56. The maximum absolute atomic E-state index is 13.1. The van der Waals surface area contributed by atoms with E-state index < -0.39 is 0 Å².